The van der Waals surface area contributed by atoms with Crippen LogP contribution in [0.5, 0.6) is 0 Å². The average molecular weight is 464 g/mol. The molecule has 8 nitrogen and oxygen atoms in total. The zero-order valence-corrected chi connectivity index (χ0v) is 19.8. The fourth-order valence-electron chi connectivity index (χ4n) is 3.46. The summed E-state index contributed by atoms with van der Waals surface area (Å²) in [6.07, 6.45) is 4.55. The summed E-state index contributed by atoms with van der Waals surface area (Å²) in [5, 5.41) is 14.3. The fourth-order valence-corrected chi connectivity index (χ4v) is 4.94. The van der Waals surface area contributed by atoms with Gasteiger partial charge in [-0.05, 0) is 45.2 Å². The second kappa shape index (κ2) is 10.7. The fraction of sp³-hybridized carbons (Fsp3) is 0.565. The number of nitrogens with zero attached hydrogens (tertiary/aromatic N) is 3. The molecular weight excluding hydrogens is 430 g/mol. The molecule has 176 valence electrons. The van der Waals surface area contributed by atoms with E-state index in [2.05, 4.69) is 12.0 Å². The molecule has 0 aliphatic heterocycles. The maximum atomic E-state index is 13.2. The summed E-state index contributed by atoms with van der Waals surface area (Å²) >= 11 is 0. The zero-order valence-electron chi connectivity index (χ0n) is 19.0. The minimum absolute atomic E-state index is 0.0911. The van der Waals surface area contributed by atoms with Gasteiger partial charge in [0.25, 0.3) is 0 Å². The monoisotopic (exact) mass is 463 g/mol. The minimum atomic E-state index is -3.96. The van der Waals surface area contributed by atoms with Gasteiger partial charge in [-0.1, -0.05) is 31.0 Å². The van der Waals surface area contributed by atoms with Crippen LogP contribution in [0, 0.1) is 6.92 Å². The Balaban J connectivity index is 1.84. The number of ether oxygens (including phenoxy) is 1. The van der Waals surface area contributed by atoms with Crippen LogP contribution in [0.3, 0.4) is 0 Å². The van der Waals surface area contributed by atoms with Crippen LogP contribution in [-0.4, -0.2) is 59.2 Å². The number of ketones is 1. The van der Waals surface area contributed by atoms with Crippen molar-refractivity contribution in [3.05, 3.63) is 47.3 Å². The Hall–Kier alpha value is -2.07. The third-order valence-corrected chi connectivity index (χ3v) is 7.25. The zero-order chi connectivity index (χ0) is 23.3. The van der Waals surface area contributed by atoms with Gasteiger partial charge in [-0.2, -0.15) is 9.40 Å². The molecule has 1 saturated carbocycles. The number of aromatic nitrogens is 2. The molecule has 0 radical (unpaired) electrons. The molecule has 1 aliphatic rings. The van der Waals surface area contributed by atoms with Crippen LogP contribution in [0.15, 0.2) is 35.4 Å². The predicted molar refractivity (Wildman–Crippen MR) is 121 cm³/mol. The first-order valence-electron chi connectivity index (χ1n) is 11.2. The van der Waals surface area contributed by atoms with Gasteiger partial charge in [0, 0.05) is 13.2 Å². The van der Waals surface area contributed by atoms with E-state index >= 15 is 0 Å². The largest absolute Gasteiger partial charge is 0.392 e. The molecule has 1 heterocycles. The first-order valence-corrected chi connectivity index (χ1v) is 12.6. The van der Waals surface area contributed by atoms with Crippen molar-refractivity contribution >= 4 is 15.8 Å². The second-order valence-electron chi connectivity index (χ2n) is 8.47. The van der Waals surface area contributed by atoms with Gasteiger partial charge in [0.15, 0.2) is 5.78 Å². The molecule has 1 aromatic heterocycles. The number of hydrogen-bond donors (Lipinski definition) is 1. The smallest absolute Gasteiger partial charge is 0.243 e. The number of hydrogen-bond acceptors (Lipinski definition) is 6. The Morgan fingerprint density at radius 2 is 2.00 bits per heavy atom. The molecule has 2 aromatic rings. The molecule has 0 amide bonds. The quantitative estimate of drug-likeness (QED) is 0.362. The number of sulfonamides is 1. The molecule has 3 rings (SSSR count). The summed E-state index contributed by atoms with van der Waals surface area (Å²) in [5.41, 5.74) is 2.00. The van der Waals surface area contributed by atoms with Gasteiger partial charge in [-0.15, -0.1) is 0 Å². The van der Waals surface area contributed by atoms with Crippen molar-refractivity contribution in [3.63, 3.8) is 0 Å². The average Bonchev–Trinajstić information content (AvgIpc) is 3.50. The molecule has 1 atom stereocenters. The summed E-state index contributed by atoms with van der Waals surface area (Å²) in [6.45, 7) is 5.75. The Morgan fingerprint density at radius 3 is 2.59 bits per heavy atom. The minimum Gasteiger partial charge on any atom is -0.392 e. The first-order chi connectivity index (χ1) is 15.2. The highest BCUT2D eigenvalue weighted by Gasteiger charge is 2.32. The molecule has 32 heavy (non-hydrogen) atoms. The summed E-state index contributed by atoms with van der Waals surface area (Å²) in [6, 6.07) is 6.72. The molecule has 0 spiro atoms. The first kappa shape index (κ1) is 24.6. The molecule has 0 saturated heterocycles. The van der Waals surface area contributed by atoms with Gasteiger partial charge in [0.2, 0.25) is 10.0 Å². The summed E-state index contributed by atoms with van der Waals surface area (Å²) in [5.74, 6) is -0.359. The number of rotatable bonds is 13. The van der Waals surface area contributed by atoms with Crippen molar-refractivity contribution in [1.29, 1.82) is 0 Å². The molecule has 0 unspecified atom stereocenters. The van der Waals surface area contributed by atoms with E-state index in [0.717, 1.165) is 35.6 Å². The van der Waals surface area contributed by atoms with Crippen molar-refractivity contribution in [3.8, 4) is 0 Å². The van der Waals surface area contributed by atoms with E-state index in [4.69, 9.17) is 4.74 Å². The number of carbonyl (C=O) groups excluding carboxylic acids is 1. The lowest BCUT2D eigenvalue weighted by Gasteiger charge is -2.23. The number of aliphatic hydroxyl groups excluding tert-OH is 1. The van der Waals surface area contributed by atoms with Crippen LogP contribution in [0.1, 0.15) is 67.2 Å². The van der Waals surface area contributed by atoms with E-state index in [9.17, 15) is 18.3 Å². The normalized spacial score (nSPS) is 15.3. The van der Waals surface area contributed by atoms with Gasteiger partial charge in [0.05, 0.1) is 47.6 Å². The standard InChI is InChI=1S/C23H33N3O5S/c1-4-5-12-31-16-22-21(13-24-26(22)19-8-9-19)23(28)15-25(14-18(3)27)32(29,30)20-10-6-17(2)7-11-20/h6-7,10-11,13,18-19,27H,4-5,8-9,12,14-16H2,1-3H3/t18-/m1/s1. The Labute approximate surface area is 190 Å². The lowest BCUT2D eigenvalue weighted by Crippen LogP contribution is -2.40. The van der Waals surface area contributed by atoms with E-state index in [0.29, 0.717) is 17.9 Å². The number of carbonyl (C=O) groups is 1. The molecule has 9 heteroatoms. The molecular formula is C23H33N3O5S. The number of aryl methyl sites for hydroxylation is 1. The van der Waals surface area contributed by atoms with Crippen LogP contribution >= 0.6 is 0 Å². The number of benzene rings is 1. The number of aliphatic hydroxyl groups is 1. The number of Topliss-reactive ketones (excluding diaryl/α,β-unsaturated/α-hetero) is 1. The summed E-state index contributed by atoms with van der Waals surface area (Å²) < 4.78 is 35.1. The van der Waals surface area contributed by atoms with Gasteiger partial charge in [-0.3, -0.25) is 9.48 Å². The van der Waals surface area contributed by atoms with Crippen molar-refractivity contribution in [2.24, 2.45) is 0 Å². The lowest BCUT2D eigenvalue weighted by molar-refractivity contribution is 0.0924. The highest BCUT2D eigenvalue weighted by Crippen LogP contribution is 2.36. The lowest BCUT2D eigenvalue weighted by atomic mass is 10.1. The van der Waals surface area contributed by atoms with Gasteiger partial charge >= 0.3 is 0 Å². The molecule has 1 aliphatic carbocycles. The van der Waals surface area contributed by atoms with Crippen LogP contribution in [0.4, 0.5) is 0 Å². The van der Waals surface area contributed by atoms with E-state index < -0.39 is 16.1 Å². The molecule has 0 bridgehead atoms. The predicted octanol–water partition coefficient (Wildman–Crippen LogP) is 3.10. The SMILES string of the molecule is CCCCOCc1c(C(=O)CN(C[C@@H](C)O)S(=O)(=O)c2ccc(C)cc2)cnn1C1CC1. The topological polar surface area (TPSA) is 102 Å². The third kappa shape index (κ3) is 6.04. The van der Waals surface area contributed by atoms with Crippen molar-refractivity contribution < 1.29 is 23.1 Å². The second-order valence-corrected chi connectivity index (χ2v) is 10.4. The maximum absolute atomic E-state index is 13.2. The highest BCUT2D eigenvalue weighted by atomic mass is 32.2. The van der Waals surface area contributed by atoms with Crippen LogP contribution < -0.4 is 0 Å². The Kier molecular flexibility index (Phi) is 8.21. The Bertz CT molecular complexity index is 1010. The highest BCUT2D eigenvalue weighted by molar-refractivity contribution is 7.89. The van der Waals surface area contributed by atoms with Crippen molar-refractivity contribution in [2.45, 2.75) is 70.1 Å². The molecule has 1 aromatic carbocycles. The van der Waals surface area contributed by atoms with E-state index in [1.165, 1.54) is 25.3 Å². The van der Waals surface area contributed by atoms with Gasteiger partial charge in [0.1, 0.15) is 0 Å². The maximum Gasteiger partial charge on any atom is 0.243 e. The Morgan fingerprint density at radius 1 is 1.31 bits per heavy atom. The third-order valence-electron chi connectivity index (χ3n) is 5.42. The molecule has 1 fully saturated rings. The van der Waals surface area contributed by atoms with Gasteiger partial charge in [-0.25, -0.2) is 8.42 Å². The van der Waals surface area contributed by atoms with Crippen LogP contribution in [0.2, 0.25) is 0 Å². The van der Waals surface area contributed by atoms with Crippen molar-refractivity contribution in [1.82, 2.24) is 14.1 Å². The van der Waals surface area contributed by atoms with E-state index in [1.54, 1.807) is 12.1 Å². The van der Waals surface area contributed by atoms with Gasteiger partial charge < -0.3 is 9.84 Å². The summed E-state index contributed by atoms with van der Waals surface area (Å²) in [7, 11) is -3.96. The van der Waals surface area contributed by atoms with Crippen molar-refractivity contribution in [2.75, 3.05) is 19.7 Å². The number of unbranched alkanes of at least 4 members (excludes halogenated alkanes) is 1. The van der Waals surface area contributed by atoms with E-state index in [-0.39, 0.29) is 36.4 Å². The molecule has 1 N–H and O–H groups in total. The summed E-state index contributed by atoms with van der Waals surface area (Å²) in [4.78, 5) is 13.3. The van der Waals surface area contributed by atoms with Crippen LogP contribution in [-0.2, 0) is 21.4 Å². The van der Waals surface area contributed by atoms with Crippen LogP contribution in [0.25, 0.3) is 0 Å². The van der Waals surface area contributed by atoms with E-state index in [1.807, 2.05) is 11.6 Å².